The number of aryl methyl sites for hydroxylation is 1. The number of halogens is 2. The Kier molecular flexibility index (Phi) is 6.04. The maximum absolute atomic E-state index is 14.2. The third-order valence-corrected chi connectivity index (χ3v) is 5.64. The molecule has 184 valence electrons. The minimum Gasteiger partial charge on any atom is -0.458 e. The lowest BCUT2D eigenvalue weighted by Gasteiger charge is -2.43. The van der Waals surface area contributed by atoms with Gasteiger partial charge in [-0.15, -0.1) is 5.10 Å². The Morgan fingerprint density at radius 3 is 2.49 bits per heavy atom. The number of amides is 1. The van der Waals surface area contributed by atoms with Crippen LogP contribution in [0.15, 0.2) is 48.9 Å². The second kappa shape index (κ2) is 8.71. The lowest BCUT2D eigenvalue weighted by Crippen LogP contribution is -2.60. The van der Waals surface area contributed by atoms with E-state index in [2.05, 4.69) is 15.1 Å². The molecule has 0 N–H and O–H groups in total. The topological polar surface area (TPSA) is 93.5 Å². The number of alkyl halides is 2. The van der Waals surface area contributed by atoms with Gasteiger partial charge in [0.15, 0.2) is 11.4 Å². The molecule has 1 aliphatic heterocycles. The number of esters is 1. The van der Waals surface area contributed by atoms with E-state index >= 15 is 0 Å². The third kappa shape index (κ3) is 4.22. The highest BCUT2D eigenvalue weighted by Crippen LogP contribution is 2.48. The van der Waals surface area contributed by atoms with Crippen LogP contribution in [0.25, 0.3) is 0 Å². The van der Waals surface area contributed by atoms with Gasteiger partial charge in [0, 0.05) is 37.8 Å². The summed E-state index contributed by atoms with van der Waals surface area (Å²) in [7, 11) is 3.03. The number of nitrogens with zero attached hydrogens (tertiary/aromatic N) is 6. The van der Waals surface area contributed by atoms with Crippen LogP contribution in [-0.2, 0) is 28.5 Å². The van der Waals surface area contributed by atoms with E-state index in [0.29, 0.717) is 5.56 Å². The number of pyridine rings is 1. The first-order valence-corrected chi connectivity index (χ1v) is 10.9. The summed E-state index contributed by atoms with van der Waals surface area (Å²) in [6.45, 7) is 5.07. The van der Waals surface area contributed by atoms with Gasteiger partial charge in [0.2, 0.25) is 5.82 Å². The molecule has 0 fully saturated rings. The number of hydrogen-bond acceptors (Lipinski definition) is 7. The number of aromatic nitrogens is 4. The van der Waals surface area contributed by atoms with Gasteiger partial charge in [0.05, 0.1) is 0 Å². The Morgan fingerprint density at radius 1 is 1.14 bits per heavy atom. The van der Waals surface area contributed by atoms with Crippen LogP contribution in [-0.4, -0.2) is 49.3 Å². The van der Waals surface area contributed by atoms with Gasteiger partial charge >= 0.3 is 11.9 Å². The monoisotopic (exact) mass is 484 g/mol. The van der Waals surface area contributed by atoms with E-state index in [4.69, 9.17) is 4.74 Å². The molecule has 1 aliphatic rings. The minimum absolute atomic E-state index is 0.0240. The maximum Gasteiger partial charge on any atom is 0.339 e. The highest BCUT2D eigenvalue weighted by Gasteiger charge is 2.58. The first-order chi connectivity index (χ1) is 16.5. The molecular weight excluding hydrogens is 458 g/mol. The van der Waals surface area contributed by atoms with Crippen molar-refractivity contribution in [2.24, 2.45) is 7.05 Å². The fourth-order valence-corrected chi connectivity index (χ4v) is 4.27. The molecule has 0 aliphatic carbocycles. The number of fused-ring (bicyclic) bond motifs is 1. The molecule has 1 amide bonds. The van der Waals surface area contributed by atoms with Crippen molar-refractivity contribution in [3.63, 3.8) is 0 Å². The van der Waals surface area contributed by atoms with Gasteiger partial charge in [0.1, 0.15) is 11.9 Å². The molecule has 0 saturated heterocycles. The molecule has 35 heavy (non-hydrogen) atoms. The van der Waals surface area contributed by atoms with Crippen molar-refractivity contribution in [3.8, 4) is 0 Å². The highest BCUT2D eigenvalue weighted by atomic mass is 19.3. The zero-order valence-corrected chi connectivity index (χ0v) is 20.1. The van der Waals surface area contributed by atoms with Crippen molar-refractivity contribution in [2.75, 3.05) is 12.1 Å². The van der Waals surface area contributed by atoms with Crippen LogP contribution in [0.4, 0.5) is 14.6 Å². The zero-order valence-electron chi connectivity index (χ0n) is 20.1. The predicted molar refractivity (Wildman–Crippen MR) is 122 cm³/mol. The lowest BCUT2D eigenvalue weighted by atomic mass is 9.83. The van der Waals surface area contributed by atoms with Crippen LogP contribution in [0.2, 0.25) is 0 Å². The number of carbonyl (C=O) groups excluding carboxylic acids is 2. The van der Waals surface area contributed by atoms with E-state index in [-0.39, 0.29) is 29.2 Å². The Morgan fingerprint density at radius 2 is 1.86 bits per heavy atom. The number of hydrazine groups is 1. The Labute approximate surface area is 201 Å². The summed E-state index contributed by atoms with van der Waals surface area (Å²) < 4.78 is 35.6. The van der Waals surface area contributed by atoms with Crippen LogP contribution < -0.4 is 5.01 Å². The Balaban J connectivity index is 1.98. The molecule has 3 heterocycles. The van der Waals surface area contributed by atoms with Gasteiger partial charge in [-0.2, -0.15) is 0 Å². The van der Waals surface area contributed by atoms with E-state index in [0.717, 1.165) is 5.01 Å². The molecular formula is C24H26F2N6O3. The normalized spacial score (nSPS) is 17.4. The Bertz CT molecular complexity index is 1270. The molecule has 0 radical (unpaired) electrons. The van der Waals surface area contributed by atoms with E-state index in [1.807, 2.05) is 0 Å². The average molecular weight is 485 g/mol. The average Bonchev–Trinajstić information content (AvgIpc) is 3.38. The number of anilines is 1. The van der Waals surface area contributed by atoms with Crippen molar-refractivity contribution >= 4 is 17.7 Å². The second-order valence-electron chi connectivity index (χ2n) is 9.30. The summed E-state index contributed by atoms with van der Waals surface area (Å²) in [5.74, 6) is -1.29. The van der Waals surface area contributed by atoms with Crippen molar-refractivity contribution in [3.05, 3.63) is 71.4 Å². The van der Waals surface area contributed by atoms with Crippen LogP contribution in [0.5, 0.6) is 0 Å². The highest BCUT2D eigenvalue weighted by molar-refractivity contribution is 5.96. The number of rotatable bonds is 5. The standard InChI is InChI=1S/C24H26F2N6O3/c1-23(2,3)35-22(34)24(17-11-7-6-10-16(17)18(25)26)13-15-9-8-12-27-20(15)32(24)31(5)21(33)19-28-14-30(4)29-19/h6-12,14,18H,13H2,1-5H3. The van der Waals surface area contributed by atoms with Crippen LogP contribution in [0.1, 0.15) is 54.5 Å². The van der Waals surface area contributed by atoms with Crippen LogP contribution >= 0.6 is 0 Å². The molecule has 0 saturated carbocycles. The molecule has 3 aromatic rings. The molecule has 0 bridgehead atoms. The van der Waals surface area contributed by atoms with E-state index in [1.54, 1.807) is 46.0 Å². The lowest BCUT2D eigenvalue weighted by molar-refractivity contribution is -0.163. The fraction of sp³-hybridized carbons (Fsp3) is 0.375. The van der Waals surface area contributed by atoms with Crippen molar-refractivity contribution in [1.29, 1.82) is 0 Å². The molecule has 2 aromatic heterocycles. The SMILES string of the molecule is CN(C(=O)c1ncn(C)n1)N1c2ncccc2CC1(C(=O)OC(C)(C)C)c1ccccc1C(F)F. The van der Waals surface area contributed by atoms with Gasteiger partial charge < -0.3 is 4.74 Å². The van der Waals surface area contributed by atoms with Crippen LogP contribution in [0, 0.1) is 0 Å². The smallest absolute Gasteiger partial charge is 0.339 e. The quantitative estimate of drug-likeness (QED) is 0.512. The summed E-state index contributed by atoms with van der Waals surface area (Å²) in [5, 5.41) is 6.53. The summed E-state index contributed by atoms with van der Waals surface area (Å²) in [5.41, 5.74) is -2.49. The van der Waals surface area contributed by atoms with Crippen molar-refractivity contribution in [2.45, 2.75) is 44.8 Å². The second-order valence-corrected chi connectivity index (χ2v) is 9.30. The number of hydrogen-bond donors (Lipinski definition) is 0. The molecule has 1 unspecified atom stereocenters. The molecule has 11 heteroatoms. The summed E-state index contributed by atoms with van der Waals surface area (Å²) >= 11 is 0. The van der Waals surface area contributed by atoms with Crippen molar-refractivity contribution < 1.29 is 23.1 Å². The fourth-order valence-electron chi connectivity index (χ4n) is 4.27. The summed E-state index contributed by atoms with van der Waals surface area (Å²) in [4.78, 5) is 35.8. The summed E-state index contributed by atoms with van der Waals surface area (Å²) in [6.07, 6.45) is -0.0394. The summed E-state index contributed by atoms with van der Waals surface area (Å²) in [6, 6.07) is 9.20. The van der Waals surface area contributed by atoms with Crippen LogP contribution in [0.3, 0.4) is 0 Å². The third-order valence-electron chi connectivity index (χ3n) is 5.64. The molecule has 9 nitrogen and oxygen atoms in total. The molecule has 0 spiro atoms. The van der Waals surface area contributed by atoms with Gasteiger partial charge in [-0.3, -0.25) is 9.48 Å². The molecule has 4 rings (SSSR count). The van der Waals surface area contributed by atoms with Gasteiger partial charge in [-0.05, 0) is 32.4 Å². The van der Waals surface area contributed by atoms with E-state index < -0.39 is 29.4 Å². The molecule has 1 aromatic carbocycles. The van der Waals surface area contributed by atoms with Gasteiger partial charge in [-0.25, -0.2) is 33.6 Å². The predicted octanol–water partition coefficient (Wildman–Crippen LogP) is 3.43. The van der Waals surface area contributed by atoms with Gasteiger partial charge in [-0.1, -0.05) is 30.3 Å². The molecule has 1 atom stereocenters. The first kappa shape index (κ1) is 24.2. The number of carbonyl (C=O) groups is 2. The minimum atomic E-state index is -2.87. The number of benzene rings is 1. The maximum atomic E-state index is 14.2. The van der Waals surface area contributed by atoms with Gasteiger partial charge in [0.25, 0.3) is 6.43 Å². The number of ether oxygens (including phenoxy) is 1. The van der Waals surface area contributed by atoms with Crippen molar-refractivity contribution in [1.82, 2.24) is 24.8 Å². The van der Waals surface area contributed by atoms with E-state index in [1.165, 1.54) is 47.5 Å². The first-order valence-electron chi connectivity index (χ1n) is 10.9. The zero-order chi connectivity index (χ0) is 25.5. The van der Waals surface area contributed by atoms with E-state index in [9.17, 15) is 18.4 Å². The Hall–Kier alpha value is -3.89. The largest absolute Gasteiger partial charge is 0.458 e.